The van der Waals surface area contributed by atoms with Gasteiger partial charge >= 0.3 is 6.18 Å². The van der Waals surface area contributed by atoms with Crippen molar-refractivity contribution in [1.29, 1.82) is 0 Å². The average Bonchev–Trinajstić information content (AvgIpc) is 3.47. The summed E-state index contributed by atoms with van der Waals surface area (Å²) in [6.45, 7) is 5.16. The average molecular weight is 495 g/mol. The zero-order valence-electron chi connectivity index (χ0n) is 18.9. The van der Waals surface area contributed by atoms with E-state index < -0.39 is 11.9 Å². The molecule has 1 fully saturated rings. The third kappa shape index (κ3) is 5.75. The van der Waals surface area contributed by atoms with Crippen molar-refractivity contribution in [3.8, 4) is 0 Å². The van der Waals surface area contributed by atoms with Crippen LogP contribution in [0, 0.1) is 19.7 Å². The second-order valence-electron chi connectivity index (χ2n) is 8.51. The number of hydrogen-bond donors (Lipinski definition) is 2. The first-order valence-corrected chi connectivity index (χ1v) is 11.5. The number of anilines is 1. The molecule has 0 saturated heterocycles. The number of aromatic nitrogens is 4. The van der Waals surface area contributed by atoms with Crippen LogP contribution in [0.25, 0.3) is 0 Å². The summed E-state index contributed by atoms with van der Waals surface area (Å²) in [4.78, 5) is 0. The first-order valence-electron chi connectivity index (χ1n) is 11.1. The molecule has 0 aliphatic heterocycles. The zero-order chi connectivity index (χ0) is 24.5. The molecule has 1 aromatic carbocycles. The minimum atomic E-state index is -4.44. The summed E-state index contributed by atoms with van der Waals surface area (Å²) in [6.07, 6.45) is -2.05. The fourth-order valence-electron chi connectivity index (χ4n) is 3.84. The molecular formula is C23H26F4N6S. The molecule has 6 nitrogen and oxygen atoms in total. The van der Waals surface area contributed by atoms with Crippen molar-refractivity contribution in [3.63, 3.8) is 0 Å². The van der Waals surface area contributed by atoms with Gasteiger partial charge in [0, 0.05) is 24.7 Å². The lowest BCUT2D eigenvalue weighted by Gasteiger charge is -2.12. The predicted molar refractivity (Wildman–Crippen MR) is 125 cm³/mol. The molecule has 11 heteroatoms. The lowest BCUT2D eigenvalue weighted by atomic mass is 10.2. The molecule has 1 saturated carbocycles. The minimum Gasteiger partial charge on any atom is -0.362 e. The van der Waals surface area contributed by atoms with Crippen LogP contribution in [-0.2, 0) is 19.3 Å². The highest BCUT2D eigenvalue weighted by atomic mass is 32.1. The van der Waals surface area contributed by atoms with Gasteiger partial charge in [-0.15, -0.1) is 0 Å². The van der Waals surface area contributed by atoms with Gasteiger partial charge in [0.1, 0.15) is 5.82 Å². The summed E-state index contributed by atoms with van der Waals surface area (Å²) >= 11 is 5.40. The maximum Gasteiger partial charge on any atom is 0.435 e. The maximum absolute atomic E-state index is 13.1. The fraction of sp³-hybridized carbons (Fsp3) is 0.435. The Kier molecular flexibility index (Phi) is 6.92. The molecule has 3 aromatic rings. The van der Waals surface area contributed by atoms with Crippen LogP contribution in [-0.4, -0.2) is 31.2 Å². The molecule has 0 atom stereocenters. The van der Waals surface area contributed by atoms with Gasteiger partial charge in [-0.3, -0.25) is 9.36 Å². The van der Waals surface area contributed by atoms with Crippen molar-refractivity contribution < 1.29 is 17.6 Å². The van der Waals surface area contributed by atoms with E-state index in [0.29, 0.717) is 36.9 Å². The molecular weight excluding hydrogens is 468 g/mol. The van der Waals surface area contributed by atoms with Crippen molar-refractivity contribution in [2.45, 2.75) is 58.3 Å². The molecule has 0 bridgehead atoms. The van der Waals surface area contributed by atoms with Gasteiger partial charge < -0.3 is 10.6 Å². The summed E-state index contributed by atoms with van der Waals surface area (Å²) in [6, 6.07) is 7.44. The van der Waals surface area contributed by atoms with Crippen molar-refractivity contribution in [3.05, 3.63) is 64.5 Å². The number of thiocarbonyl (C=S) groups is 1. The topological polar surface area (TPSA) is 59.7 Å². The van der Waals surface area contributed by atoms with E-state index in [2.05, 4.69) is 20.8 Å². The second-order valence-corrected chi connectivity index (χ2v) is 8.92. The standard InChI is InChI=1S/C23H26F4N6S/c1-14-21(15(2)33(30-14)13-16-4-8-18(24)9-5-16)29-22(34)28-10-3-11-32-19(17-6-7-17)12-20(31-32)23(25,26)27/h4-5,8-9,12,17H,3,6-7,10-11,13H2,1-2H3,(H2,28,29,34). The normalized spacial score (nSPS) is 13.8. The van der Waals surface area contributed by atoms with Gasteiger partial charge in [-0.1, -0.05) is 12.1 Å². The number of nitrogens with zero attached hydrogens (tertiary/aromatic N) is 4. The van der Waals surface area contributed by atoms with Crippen LogP contribution < -0.4 is 10.6 Å². The number of benzene rings is 1. The first-order chi connectivity index (χ1) is 16.1. The van der Waals surface area contributed by atoms with Gasteiger partial charge in [0.25, 0.3) is 0 Å². The first kappa shape index (κ1) is 24.2. The molecule has 0 radical (unpaired) electrons. The highest BCUT2D eigenvalue weighted by Gasteiger charge is 2.37. The predicted octanol–water partition coefficient (Wildman–Crippen LogP) is 5.16. The number of alkyl halides is 3. The molecule has 1 aliphatic rings. The Morgan fingerprint density at radius 1 is 1.12 bits per heavy atom. The number of hydrogen-bond acceptors (Lipinski definition) is 3. The van der Waals surface area contributed by atoms with Crippen LogP contribution in [0.15, 0.2) is 30.3 Å². The van der Waals surface area contributed by atoms with Gasteiger partial charge in [-0.05, 0) is 69.1 Å². The highest BCUT2D eigenvalue weighted by molar-refractivity contribution is 7.80. The minimum absolute atomic E-state index is 0.177. The van der Waals surface area contributed by atoms with Gasteiger partial charge in [0.05, 0.1) is 23.6 Å². The summed E-state index contributed by atoms with van der Waals surface area (Å²) in [5.41, 5.74) is 3.20. The fourth-order valence-corrected chi connectivity index (χ4v) is 4.04. The van der Waals surface area contributed by atoms with Crippen LogP contribution in [0.3, 0.4) is 0 Å². The van der Waals surface area contributed by atoms with Crippen LogP contribution in [0.2, 0.25) is 0 Å². The molecule has 0 spiro atoms. The van der Waals surface area contributed by atoms with Crippen LogP contribution in [0.4, 0.5) is 23.2 Å². The third-order valence-electron chi connectivity index (χ3n) is 5.80. The van der Waals surface area contributed by atoms with E-state index in [1.807, 2.05) is 18.5 Å². The Balaban J connectivity index is 1.30. The molecule has 2 heterocycles. The SMILES string of the molecule is Cc1nn(Cc2ccc(F)cc2)c(C)c1NC(=S)NCCCn1nc(C(F)(F)F)cc1C1CC1. The lowest BCUT2D eigenvalue weighted by molar-refractivity contribution is -0.141. The Bertz CT molecular complexity index is 1160. The molecule has 1 aliphatic carbocycles. The number of nitrogens with one attached hydrogen (secondary N) is 2. The van der Waals surface area contributed by atoms with E-state index in [1.165, 1.54) is 22.9 Å². The van der Waals surface area contributed by atoms with Crippen molar-refractivity contribution in [2.75, 3.05) is 11.9 Å². The number of aryl methyl sites for hydroxylation is 2. The Morgan fingerprint density at radius 3 is 2.47 bits per heavy atom. The molecule has 182 valence electrons. The molecule has 34 heavy (non-hydrogen) atoms. The van der Waals surface area contributed by atoms with Crippen LogP contribution >= 0.6 is 12.2 Å². The van der Waals surface area contributed by atoms with Crippen molar-refractivity contribution in [1.82, 2.24) is 24.9 Å². The van der Waals surface area contributed by atoms with E-state index in [4.69, 9.17) is 12.2 Å². The summed E-state index contributed by atoms with van der Waals surface area (Å²) in [5.74, 6) is -0.107. The summed E-state index contributed by atoms with van der Waals surface area (Å²) < 4.78 is 55.6. The van der Waals surface area contributed by atoms with Crippen LogP contribution in [0.1, 0.15) is 53.5 Å². The van der Waals surface area contributed by atoms with E-state index in [-0.39, 0.29) is 11.7 Å². The van der Waals surface area contributed by atoms with Gasteiger partial charge in [-0.25, -0.2) is 4.39 Å². The molecule has 2 aromatic heterocycles. The molecule has 4 rings (SSSR count). The number of halogens is 4. The number of rotatable bonds is 8. The summed E-state index contributed by atoms with van der Waals surface area (Å²) in [7, 11) is 0. The largest absolute Gasteiger partial charge is 0.435 e. The smallest absolute Gasteiger partial charge is 0.362 e. The van der Waals surface area contributed by atoms with Crippen LogP contribution in [0.5, 0.6) is 0 Å². The summed E-state index contributed by atoms with van der Waals surface area (Å²) in [5, 5.41) is 15.0. The van der Waals surface area contributed by atoms with Crippen molar-refractivity contribution in [2.24, 2.45) is 0 Å². The van der Waals surface area contributed by atoms with E-state index in [9.17, 15) is 17.6 Å². The van der Waals surface area contributed by atoms with Gasteiger partial charge in [0.2, 0.25) is 0 Å². The zero-order valence-corrected chi connectivity index (χ0v) is 19.7. The van der Waals surface area contributed by atoms with Gasteiger partial charge in [-0.2, -0.15) is 23.4 Å². The Hall–Kier alpha value is -2.95. The second kappa shape index (κ2) is 9.73. The molecule has 0 amide bonds. The van der Waals surface area contributed by atoms with E-state index in [0.717, 1.165) is 35.5 Å². The molecule has 2 N–H and O–H groups in total. The monoisotopic (exact) mass is 494 g/mol. The maximum atomic E-state index is 13.1. The lowest BCUT2D eigenvalue weighted by Crippen LogP contribution is -2.30. The molecule has 0 unspecified atom stereocenters. The van der Waals surface area contributed by atoms with Crippen molar-refractivity contribution >= 4 is 23.0 Å². The van der Waals surface area contributed by atoms with E-state index in [1.54, 1.807) is 12.1 Å². The Labute approximate surface area is 200 Å². The van der Waals surface area contributed by atoms with E-state index >= 15 is 0 Å². The third-order valence-corrected chi connectivity index (χ3v) is 6.04. The highest BCUT2D eigenvalue weighted by Crippen LogP contribution is 2.42. The quantitative estimate of drug-likeness (QED) is 0.258. The van der Waals surface area contributed by atoms with Gasteiger partial charge in [0.15, 0.2) is 10.8 Å². The Morgan fingerprint density at radius 2 is 1.82 bits per heavy atom.